The minimum Gasteiger partial charge on any atom is -0.396 e. The van der Waals surface area contributed by atoms with Crippen molar-refractivity contribution in [3.63, 3.8) is 0 Å². The molecule has 0 atom stereocenters. The number of benzene rings is 2. The largest absolute Gasteiger partial charge is 0.396 e. The van der Waals surface area contributed by atoms with Gasteiger partial charge in [-0.15, -0.1) is 23.5 Å². The van der Waals surface area contributed by atoms with Crippen molar-refractivity contribution < 1.29 is 19.8 Å². The fourth-order valence-electron chi connectivity index (χ4n) is 3.92. The Labute approximate surface area is 199 Å². The van der Waals surface area contributed by atoms with E-state index in [2.05, 4.69) is 0 Å². The zero-order valence-corrected chi connectivity index (χ0v) is 20.1. The number of carbonyl (C=O) groups is 2. The molecule has 172 valence electrons. The van der Waals surface area contributed by atoms with E-state index >= 15 is 0 Å². The molecule has 0 bridgehead atoms. The van der Waals surface area contributed by atoms with Gasteiger partial charge in [0.05, 0.1) is 0 Å². The van der Waals surface area contributed by atoms with Crippen LogP contribution in [-0.2, 0) is 0 Å². The number of ketones is 2. The van der Waals surface area contributed by atoms with Crippen LogP contribution in [0, 0.1) is 0 Å². The van der Waals surface area contributed by atoms with Crippen LogP contribution < -0.4 is 0 Å². The molecule has 0 saturated carbocycles. The molecule has 0 radical (unpaired) electrons. The van der Waals surface area contributed by atoms with Gasteiger partial charge in [0.1, 0.15) is 0 Å². The highest BCUT2D eigenvalue weighted by atomic mass is 32.2. The summed E-state index contributed by atoms with van der Waals surface area (Å²) >= 11 is 3.28. The zero-order chi connectivity index (χ0) is 22.8. The molecule has 1 aliphatic carbocycles. The molecule has 3 rings (SSSR count). The van der Waals surface area contributed by atoms with Gasteiger partial charge < -0.3 is 10.2 Å². The summed E-state index contributed by atoms with van der Waals surface area (Å²) in [5.41, 5.74) is 2.14. The van der Waals surface area contributed by atoms with Gasteiger partial charge in [0, 0.05) is 45.3 Å². The van der Waals surface area contributed by atoms with E-state index < -0.39 is 0 Å². The van der Waals surface area contributed by atoms with E-state index in [1.54, 1.807) is 35.7 Å². The molecular weight excluding hydrogens is 440 g/mol. The molecule has 1 aliphatic rings. The Hall–Kier alpha value is -1.60. The predicted octanol–water partition coefficient (Wildman–Crippen LogP) is 5.75. The summed E-state index contributed by atoms with van der Waals surface area (Å²) in [4.78, 5) is 28.6. The molecule has 0 fully saturated rings. The van der Waals surface area contributed by atoms with Gasteiger partial charge in [0.25, 0.3) is 0 Å². The first kappa shape index (κ1) is 25.0. The summed E-state index contributed by atoms with van der Waals surface area (Å²) < 4.78 is 0. The molecule has 4 nitrogen and oxygen atoms in total. The molecule has 0 spiro atoms. The number of thioether (sulfide) groups is 2. The first-order chi connectivity index (χ1) is 15.7. The number of carbonyl (C=O) groups excluding carboxylic acids is 2. The molecular formula is C26H32O4S2. The van der Waals surface area contributed by atoms with Crippen molar-refractivity contribution in [3.8, 4) is 0 Å². The minimum absolute atomic E-state index is 0.0524. The smallest absolute Gasteiger partial charge is 0.195 e. The number of aliphatic hydroxyl groups excluding tert-OH is 2. The van der Waals surface area contributed by atoms with E-state index in [0.717, 1.165) is 72.7 Å². The van der Waals surface area contributed by atoms with Gasteiger partial charge in [0.2, 0.25) is 0 Å². The maximum absolute atomic E-state index is 13.4. The molecule has 0 aliphatic heterocycles. The highest BCUT2D eigenvalue weighted by Crippen LogP contribution is 2.38. The number of hydrogen-bond acceptors (Lipinski definition) is 6. The molecule has 2 N–H and O–H groups in total. The van der Waals surface area contributed by atoms with Gasteiger partial charge in [-0.2, -0.15) is 0 Å². The Bertz CT molecular complexity index is 851. The normalized spacial score (nSPS) is 12.7. The lowest BCUT2D eigenvalue weighted by molar-refractivity contribution is 0.0974. The van der Waals surface area contributed by atoms with Crippen molar-refractivity contribution in [1.82, 2.24) is 0 Å². The first-order valence-corrected chi connectivity index (χ1v) is 13.5. The number of aliphatic hydroxyl groups is 2. The summed E-state index contributed by atoms with van der Waals surface area (Å²) in [5, 5.41) is 17.8. The van der Waals surface area contributed by atoms with E-state index in [1.807, 2.05) is 24.3 Å². The van der Waals surface area contributed by atoms with E-state index in [0.29, 0.717) is 22.3 Å². The Kier molecular flexibility index (Phi) is 10.3. The van der Waals surface area contributed by atoms with E-state index in [9.17, 15) is 9.59 Å². The van der Waals surface area contributed by atoms with E-state index in [-0.39, 0.29) is 24.8 Å². The average Bonchev–Trinajstić information content (AvgIpc) is 2.81. The van der Waals surface area contributed by atoms with E-state index in [4.69, 9.17) is 10.2 Å². The topological polar surface area (TPSA) is 74.6 Å². The summed E-state index contributed by atoms with van der Waals surface area (Å²) in [7, 11) is 0. The Morgan fingerprint density at radius 1 is 0.562 bits per heavy atom. The second kappa shape index (κ2) is 13.2. The fraction of sp³-hybridized carbons (Fsp3) is 0.462. The van der Waals surface area contributed by atoms with Crippen LogP contribution >= 0.6 is 23.5 Å². The summed E-state index contributed by atoms with van der Waals surface area (Å²) in [5.74, 6) is 1.68. The maximum atomic E-state index is 13.4. The minimum atomic E-state index is -0.0524. The van der Waals surface area contributed by atoms with Crippen LogP contribution in [0.3, 0.4) is 0 Å². The van der Waals surface area contributed by atoms with Crippen molar-refractivity contribution in [3.05, 3.63) is 58.7 Å². The Morgan fingerprint density at radius 3 is 1.38 bits per heavy atom. The van der Waals surface area contributed by atoms with Crippen LogP contribution in [0.2, 0.25) is 0 Å². The maximum Gasteiger partial charge on any atom is 0.195 e. The van der Waals surface area contributed by atoms with Crippen molar-refractivity contribution in [2.75, 3.05) is 24.7 Å². The summed E-state index contributed by atoms with van der Waals surface area (Å²) in [6.45, 7) is 0.471. The first-order valence-electron chi connectivity index (χ1n) is 11.5. The Balaban J connectivity index is 1.72. The Morgan fingerprint density at radius 2 is 0.969 bits per heavy atom. The third kappa shape index (κ3) is 6.25. The summed E-state index contributed by atoms with van der Waals surface area (Å²) in [6, 6.07) is 11.2. The van der Waals surface area contributed by atoms with Gasteiger partial charge in [-0.1, -0.05) is 49.9 Å². The monoisotopic (exact) mass is 472 g/mol. The SMILES string of the molecule is O=C1c2cccc(SCCCCCCO)c2C(=O)c2cccc(SCCCCCCO)c21. The third-order valence-corrected chi connectivity index (χ3v) is 7.90. The molecule has 2 aromatic carbocycles. The average molecular weight is 473 g/mol. The highest BCUT2D eigenvalue weighted by Gasteiger charge is 2.33. The van der Waals surface area contributed by atoms with Crippen molar-refractivity contribution in [2.45, 2.75) is 61.2 Å². The van der Waals surface area contributed by atoms with Gasteiger partial charge in [0.15, 0.2) is 11.6 Å². The van der Waals surface area contributed by atoms with Gasteiger partial charge in [-0.05, 0) is 49.3 Å². The lowest BCUT2D eigenvalue weighted by atomic mass is 9.84. The van der Waals surface area contributed by atoms with Crippen LogP contribution in [0.5, 0.6) is 0 Å². The quantitative estimate of drug-likeness (QED) is 0.230. The molecule has 6 heteroatoms. The number of hydrogen-bond donors (Lipinski definition) is 2. The third-order valence-electron chi connectivity index (χ3n) is 5.62. The molecule has 0 amide bonds. The van der Waals surface area contributed by atoms with Crippen molar-refractivity contribution in [1.29, 1.82) is 0 Å². The van der Waals surface area contributed by atoms with Crippen LogP contribution in [-0.4, -0.2) is 46.5 Å². The molecule has 0 heterocycles. The predicted molar refractivity (Wildman–Crippen MR) is 132 cm³/mol. The molecule has 32 heavy (non-hydrogen) atoms. The van der Waals surface area contributed by atoms with Gasteiger partial charge in [-0.3, -0.25) is 9.59 Å². The van der Waals surface area contributed by atoms with Crippen molar-refractivity contribution in [2.24, 2.45) is 0 Å². The summed E-state index contributed by atoms with van der Waals surface area (Å²) in [6.07, 6.45) is 7.83. The van der Waals surface area contributed by atoms with Gasteiger partial charge in [-0.25, -0.2) is 0 Å². The number of rotatable bonds is 14. The lowest BCUT2D eigenvalue weighted by Gasteiger charge is -2.22. The van der Waals surface area contributed by atoms with Crippen LogP contribution in [0.25, 0.3) is 0 Å². The second-order valence-corrected chi connectivity index (χ2v) is 10.3. The van der Waals surface area contributed by atoms with Crippen LogP contribution in [0.4, 0.5) is 0 Å². The molecule has 2 aromatic rings. The molecule has 0 saturated heterocycles. The zero-order valence-electron chi connectivity index (χ0n) is 18.5. The van der Waals surface area contributed by atoms with Crippen LogP contribution in [0.1, 0.15) is 83.2 Å². The standard InChI is InChI=1S/C26H32O4S2/c27-15-5-1-3-7-17-31-21-13-9-11-19-23(21)25(29)20-12-10-14-22(24(20)26(19)30)32-18-8-4-2-6-16-28/h9-14,27-28H,1-8,15-18H2. The van der Waals surface area contributed by atoms with Crippen LogP contribution in [0.15, 0.2) is 46.2 Å². The van der Waals surface area contributed by atoms with Gasteiger partial charge >= 0.3 is 0 Å². The lowest BCUT2D eigenvalue weighted by Crippen LogP contribution is -2.22. The molecule has 0 aromatic heterocycles. The highest BCUT2D eigenvalue weighted by molar-refractivity contribution is 7.99. The van der Waals surface area contributed by atoms with Crippen molar-refractivity contribution >= 4 is 35.1 Å². The fourth-order valence-corrected chi connectivity index (χ4v) is 6.10. The number of unbranched alkanes of at least 4 members (excludes halogenated alkanes) is 6. The molecule has 0 unspecified atom stereocenters. The van der Waals surface area contributed by atoms with E-state index in [1.165, 1.54) is 0 Å². The number of fused-ring (bicyclic) bond motifs is 2. The second-order valence-electron chi connectivity index (χ2n) is 7.99.